The lowest BCUT2D eigenvalue weighted by molar-refractivity contribution is 0.0697. The highest BCUT2D eigenvalue weighted by molar-refractivity contribution is 7.16. The first kappa shape index (κ1) is 10.9. The highest BCUT2D eigenvalue weighted by atomic mass is 32.1. The van der Waals surface area contributed by atoms with Crippen LogP contribution in [0.15, 0.2) is 34.6 Å². The average molecular weight is 263 g/mol. The molecule has 1 aromatic carbocycles. The van der Waals surface area contributed by atoms with Crippen LogP contribution in [-0.4, -0.2) is 15.5 Å². The summed E-state index contributed by atoms with van der Waals surface area (Å²) in [5.41, 5.74) is -0.467. The van der Waals surface area contributed by atoms with E-state index in [4.69, 9.17) is 5.11 Å². The number of thiazole rings is 1. The molecule has 0 fully saturated rings. The van der Waals surface area contributed by atoms with E-state index in [1.165, 1.54) is 12.1 Å². The van der Waals surface area contributed by atoms with E-state index >= 15 is 0 Å². The van der Waals surface area contributed by atoms with Crippen molar-refractivity contribution in [3.05, 3.63) is 51.4 Å². The highest BCUT2D eigenvalue weighted by Gasteiger charge is 2.18. The maximum absolute atomic E-state index is 13.2. The first-order chi connectivity index (χ1) is 8.59. The van der Waals surface area contributed by atoms with Gasteiger partial charge in [-0.3, -0.25) is 4.79 Å². The number of pyridine rings is 1. The molecule has 0 unspecified atom stereocenters. The number of hydrogen-bond donors (Lipinski definition) is 1. The summed E-state index contributed by atoms with van der Waals surface area (Å²) in [4.78, 5) is 23.6. The number of carboxylic acids is 1. The van der Waals surface area contributed by atoms with E-state index in [1.54, 1.807) is 16.0 Å². The second-order valence-electron chi connectivity index (χ2n) is 3.75. The van der Waals surface area contributed by atoms with Crippen LogP contribution >= 0.6 is 11.3 Å². The molecule has 3 rings (SSSR count). The molecule has 0 radical (unpaired) electrons. The van der Waals surface area contributed by atoms with Crippen LogP contribution in [0, 0.1) is 5.82 Å². The van der Waals surface area contributed by atoms with Gasteiger partial charge in [0.05, 0.1) is 5.52 Å². The molecule has 2 heterocycles. The normalized spacial score (nSPS) is 11.2. The lowest BCUT2D eigenvalue weighted by Gasteiger charge is -2.04. The number of carbonyl (C=O) groups is 1. The molecule has 0 aliphatic rings. The van der Waals surface area contributed by atoms with E-state index in [9.17, 15) is 14.0 Å². The summed E-state index contributed by atoms with van der Waals surface area (Å²) in [6.07, 6.45) is 1.66. The Hall–Kier alpha value is -2.21. The SMILES string of the molecule is O=C(O)c1c(=O)c2cc(F)ccc2n2ccsc12. The minimum absolute atomic E-state index is 0.0725. The third-order valence-corrected chi connectivity index (χ3v) is 3.61. The Morgan fingerprint density at radius 2 is 2.17 bits per heavy atom. The largest absolute Gasteiger partial charge is 0.477 e. The standard InChI is InChI=1S/C12H6FNO3S/c13-6-1-2-8-7(5-6)10(15)9(12(16)17)11-14(8)3-4-18-11/h1-5H,(H,16,17). The van der Waals surface area contributed by atoms with Gasteiger partial charge in [-0.25, -0.2) is 9.18 Å². The number of aromatic nitrogens is 1. The summed E-state index contributed by atoms with van der Waals surface area (Å²) in [7, 11) is 0. The van der Waals surface area contributed by atoms with Crippen LogP contribution in [0.4, 0.5) is 4.39 Å². The summed E-state index contributed by atoms with van der Waals surface area (Å²) < 4.78 is 14.8. The molecule has 0 aliphatic carbocycles. The zero-order chi connectivity index (χ0) is 12.9. The van der Waals surface area contributed by atoms with Crippen LogP contribution in [0.5, 0.6) is 0 Å². The third-order valence-electron chi connectivity index (χ3n) is 2.73. The van der Waals surface area contributed by atoms with Gasteiger partial charge in [0.1, 0.15) is 16.2 Å². The fourth-order valence-electron chi connectivity index (χ4n) is 1.97. The van der Waals surface area contributed by atoms with E-state index < -0.39 is 17.2 Å². The summed E-state index contributed by atoms with van der Waals surface area (Å²) in [6.45, 7) is 0. The van der Waals surface area contributed by atoms with Crippen molar-refractivity contribution in [3.8, 4) is 0 Å². The van der Waals surface area contributed by atoms with Crippen molar-refractivity contribution in [1.29, 1.82) is 0 Å². The number of fused-ring (bicyclic) bond motifs is 3. The maximum Gasteiger partial charge on any atom is 0.342 e. The minimum Gasteiger partial charge on any atom is -0.477 e. The van der Waals surface area contributed by atoms with Gasteiger partial charge in [-0.05, 0) is 18.2 Å². The van der Waals surface area contributed by atoms with Gasteiger partial charge < -0.3 is 9.51 Å². The molecule has 18 heavy (non-hydrogen) atoms. The summed E-state index contributed by atoms with van der Waals surface area (Å²) >= 11 is 1.16. The number of rotatable bonds is 1. The second kappa shape index (κ2) is 3.64. The zero-order valence-electron chi connectivity index (χ0n) is 8.88. The summed E-state index contributed by atoms with van der Waals surface area (Å²) in [6, 6.07) is 3.78. The Kier molecular flexibility index (Phi) is 2.21. The Morgan fingerprint density at radius 3 is 2.89 bits per heavy atom. The predicted molar refractivity (Wildman–Crippen MR) is 66.0 cm³/mol. The molecule has 0 amide bonds. The van der Waals surface area contributed by atoms with Crippen molar-refractivity contribution in [2.75, 3.05) is 0 Å². The molecule has 6 heteroatoms. The number of halogens is 1. The highest BCUT2D eigenvalue weighted by Crippen LogP contribution is 2.21. The summed E-state index contributed by atoms with van der Waals surface area (Å²) in [5, 5.41) is 10.9. The van der Waals surface area contributed by atoms with E-state index in [2.05, 4.69) is 0 Å². The fourth-order valence-corrected chi connectivity index (χ4v) is 2.85. The van der Waals surface area contributed by atoms with Gasteiger partial charge in [0.2, 0.25) is 5.43 Å². The van der Waals surface area contributed by atoms with E-state index in [1.807, 2.05) is 0 Å². The number of carboxylic acid groups (broad SMARTS) is 1. The Balaban J connectivity index is 2.68. The molecule has 3 aromatic rings. The molecule has 0 saturated heterocycles. The Morgan fingerprint density at radius 1 is 1.39 bits per heavy atom. The van der Waals surface area contributed by atoms with Crippen LogP contribution < -0.4 is 5.43 Å². The zero-order valence-corrected chi connectivity index (χ0v) is 9.70. The van der Waals surface area contributed by atoms with Gasteiger partial charge in [0, 0.05) is 17.0 Å². The van der Waals surface area contributed by atoms with Gasteiger partial charge in [0.25, 0.3) is 0 Å². The topological polar surface area (TPSA) is 58.8 Å². The third kappa shape index (κ3) is 1.36. The lowest BCUT2D eigenvalue weighted by Crippen LogP contribution is -2.17. The Labute approximate surface area is 104 Å². The lowest BCUT2D eigenvalue weighted by atomic mass is 10.1. The molecule has 1 N–H and O–H groups in total. The van der Waals surface area contributed by atoms with Gasteiger partial charge in [-0.1, -0.05) is 0 Å². The smallest absolute Gasteiger partial charge is 0.342 e. The van der Waals surface area contributed by atoms with Crippen LogP contribution in [0.3, 0.4) is 0 Å². The van der Waals surface area contributed by atoms with Crippen molar-refractivity contribution in [2.24, 2.45) is 0 Å². The molecule has 0 spiro atoms. The average Bonchev–Trinajstić information content (AvgIpc) is 2.77. The van der Waals surface area contributed by atoms with Crippen molar-refractivity contribution >= 4 is 33.0 Å². The van der Waals surface area contributed by atoms with Gasteiger partial charge in [-0.2, -0.15) is 0 Å². The number of aromatic carboxylic acids is 1. The maximum atomic E-state index is 13.2. The van der Waals surface area contributed by atoms with E-state index in [0.29, 0.717) is 10.3 Å². The quantitative estimate of drug-likeness (QED) is 0.733. The van der Waals surface area contributed by atoms with Crippen molar-refractivity contribution in [2.45, 2.75) is 0 Å². The minimum atomic E-state index is -1.30. The molecule has 90 valence electrons. The monoisotopic (exact) mass is 263 g/mol. The van der Waals surface area contributed by atoms with Gasteiger partial charge in [0.15, 0.2) is 0 Å². The molecule has 0 bridgehead atoms. The van der Waals surface area contributed by atoms with Crippen LogP contribution in [-0.2, 0) is 0 Å². The summed E-state index contributed by atoms with van der Waals surface area (Å²) in [5.74, 6) is -1.86. The number of benzene rings is 1. The van der Waals surface area contributed by atoms with E-state index in [-0.39, 0.29) is 10.9 Å². The molecule has 4 nitrogen and oxygen atoms in total. The van der Waals surface area contributed by atoms with Gasteiger partial charge in [-0.15, -0.1) is 11.3 Å². The van der Waals surface area contributed by atoms with E-state index in [0.717, 1.165) is 17.4 Å². The molecule has 0 atom stereocenters. The molecular weight excluding hydrogens is 257 g/mol. The number of hydrogen-bond acceptors (Lipinski definition) is 3. The fraction of sp³-hybridized carbons (Fsp3) is 0. The molecule has 0 saturated carbocycles. The van der Waals surface area contributed by atoms with Crippen LogP contribution in [0.2, 0.25) is 0 Å². The molecular formula is C12H6FNO3S. The number of nitrogens with zero attached hydrogens (tertiary/aromatic N) is 1. The van der Waals surface area contributed by atoms with Crippen molar-refractivity contribution in [3.63, 3.8) is 0 Å². The molecule has 2 aromatic heterocycles. The van der Waals surface area contributed by atoms with Crippen LogP contribution in [0.1, 0.15) is 10.4 Å². The second-order valence-corrected chi connectivity index (χ2v) is 4.64. The van der Waals surface area contributed by atoms with Gasteiger partial charge >= 0.3 is 5.97 Å². The van der Waals surface area contributed by atoms with Crippen molar-refractivity contribution in [1.82, 2.24) is 4.40 Å². The molecule has 0 aliphatic heterocycles. The van der Waals surface area contributed by atoms with Crippen molar-refractivity contribution < 1.29 is 14.3 Å². The first-order valence-corrected chi connectivity index (χ1v) is 5.92. The first-order valence-electron chi connectivity index (χ1n) is 5.04. The van der Waals surface area contributed by atoms with Crippen LogP contribution in [0.25, 0.3) is 15.7 Å². The Bertz CT molecular complexity index is 850. The predicted octanol–water partition coefficient (Wildman–Crippen LogP) is 2.35.